The third-order valence-corrected chi connectivity index (χ3v) is 12.8. The minimum absolute atomic E-state index is 0.893. The van der Waals surface area contributed by atoms with E-state index in [4.69, 9.17) is 4.42 Å². The number of para-hydroxylation sites is 4. The van der Waals surface area contributed by atoms with Crippen molar-refractivity contribution in [2.24, 2.45) is 0 Å². The topological polar surface area (TPSA) is 22.9 Å². The van der Waals surface area contributed by atoms with Crippen molar-refractivity contribution in [3.63, 3.8) is 0 Å². The number of hydrogen-bond acceptors (Lipinski definition) is 4. The molecule has 0 saturated heterocycles. The Morgan fingerprint density at radius 2 is 0.716 bits per heavy atom. The van der Waals surface area contributed by atoms with Gasteiger partial charge in [0.2, 0.25) is 0 Å². The van der Waals surface area contributed by atoms with Gasteiger partial charge >= 0.3 is 0 Å². The Labute approximate surface area is 390 Å². The Balaban J connectivity index is 1.10. The van der Waals surface area contributed by atoms with Gasteiger partial charge in [0, 0.05) is 50.5 Å². The van der Waals surface area contributed by atoms with E-state index in [1.807, 2.05) is 12.1 Å². The smallest absolute Gasteiger partial charge is 0.143 e. The molecule has 1 aromatic heterocycles. The molecular weight excluding hydrogens is 815 g/mol. The third kappa shape index (κ3) is 7.51. The second kappa shape index (κ2) is 16.9. The minimum Gasteiger partial charge on any atom is -0.455 e. The fraction of sp³-hybridized carbons (Fsp3) is 0.0159. The molecule has 67 heavy (non-hydrogen) atoms. The van der Waals surface area contributed by atoms with E-state index in [1.165, 1.54) is 27.1 Å². The summed E-state index contributed by atoms with van der Waals surface area (Å²) in [6.45, 7) is 2.16. The van der Waals surface area contributed by atoms with E-state index in [2.05, 4.69) is 264 Å². The molecule has 0 aliphatic carbocycles. The fourth-order valence-electron chi connectivity index (χ4n) is 9.63. The van der Waals surface area contributed by atoms with Crippen LogP contribution in [0.2, 0.25) is 0 Å². The predicted octanol–water partition coefficient (Wildman–Crippen LogP) is 18.3. The van der Waals surface area contributed by atoms with E-state index < -0.39 is 0 Å². The van der Waals surface area contributed by atoms with Crippen molar-refractivity contribution in [3.05, 3.63) is 260 Å². The van der Waals surface area contributed by atoms with Crippen molar-refractivity contribution in [1.29, 1.82) is 0 Å². The van der Waals surface area contributed by atoms with Crippen molar-refractivity contribution >= 4 is 94.7 Å². The van der Waals surface area contributed by atoms with E-state index in [9.17, 15) is 0 Å². The molecule has 0 amide bonds. The number of benzene rings is 11. The SMILES string of the molecule is Cc1cccc(N(c2ccc(-c3cccc4c3oc3ccccc34)cc2)c2cc(N(c3ccccc3)c3ccc4ccccc4c3)cc(N(c3ccccc3)c3ccc4ccccc4c3)c2)c1. The van der Waals surface area contributed by atoms with Crippen LogP contribution in [0.5, 0.6) is 0 Å². The van der Waals surface area contributed by atoms with Crippen molar-refractivity contribution in [1.82, 2.24) is 0 Å². The van der Waals surface area contributed by atoms with Gasteiger partial charge in [-0.25, -0.2) is 0 Å². The van der Waals surface area contributed by atoms with Crippen LogP contribution in [0.4, 0.5) is 51.2 Å². The molecule has 0 atom stereocenters. The van der Waals surface area contributed by atoms with Crippen LogP contribution < -0.4 is 14.7 Å². The normalized spacial score (nSPS) is 11.4. The highest BCUT2D eigenvalue weighted by atomic mass is 16.3. The summed E-state index contributed by atoms with van der Waals surface area (Å²) in [6, 6.07) is 91.5. The molecule has 0 spiro atoms. The number of rotatable bonds is 10. The molecule has 318 valence electrons. The Morgan fingerprint density at radius 3 is 1.28 bits per heavy atom. The highest BCUT2D eigenvalue weighted by molar-refractivity contribution is 6.09. The molecule has 12 aromatic rings. The first-order valence-corrected chi connectivity index (χ1v) is 22.8. The first kappa shape index (κ1) is 39.7. The molecule has 0 fully saturated rings. The molecule has 0 saturated carbocycles. The summed E-state index contributed by atoms with van der Waals surface area (Å²) in [5, 5.41) is 7.00. The van der Waals surface area contributed by atoms with Crippen LogP contribution >= 0.6 is 0 Å². The predicted molar refractivity (Wildman–Crippen MR) is 283 cm³/mol. The number of anilines is 9. The molecule has 0 aliphatic heterocycles. The second-order valence-electron chi connectivity index (χ2n) is 17.1. The summed E-state index contributed by atoms with van der Waals surface area (Å²) in [5.74, 6) is 0. The van der Waals surface area contributed by atoms with E-state index in [1.54, 1.807) is 0 Å². The van der Waals surface area contributed by atoms with Crippen molar-refractivity contribution < 1.29 is 4.42 Å². The summed E-state index contributed by atoms with van der Waals surface area (Å²) in [5.41, 5.74) is 14.5. The van der Waals surface area contributed by atoms with Crippen molar-refractivity contribution in [3.8, 4) is 11.1 Å². The maximum Gasteiger partial charge on any atom is 0.143 e. The van der Waals surface area contributed by atoms with Gasteiger partial charge in [0.15, 0.2) is 0 Å². The van der Waals surface area contributed by atoms with Gasteiger partial charge in [-0.15, -0.1) is 0 Å². The average Bonchev–Trinajstić information content (AvgIpc) is 3.77. The number of nitrogens with zero attached hydrogens (tertiary/aromatic N) is 3. The maximum absolute atomic E-state index is 6.51. The Hall–Kier alpha value is -8.86. The van der Waals surface area contributed by atoms with E-state index in [-0.39, 0.29) is 0 Å². The summed E-state index contributed by atoms with van der Waals surface area (Å²) >= 11 is 0. The molecule has 4 heteroatoms. The maximum atomic E-state index is 6.51. The van der Waals surface area contributed by atoms with Gasteiger partial charge in [0.05, 0.1) is 17.1 Å². The Morgan fingerprint density at radius 1 is 0.284 bits per heavy atom. The standard InChI is InChI=1S/C63H45N3O/c1-44-16-14-25-53(38-44)66(52-34-32-47(33-35-52)59-27-15-28-61-60-26-12-13-29-62(60)67-63(59)61)58-42-56(64(50-21-4-2-5-22-50)54-36-30-45-17-8-10-19-48(45)39-54)41-57(43-58)65(51-23-6-3-7-24-51)55-37-31-46-18-9-11-20-49(46)40-55/h2-43H,1H3. The van der Waals surface area contributed by atoms with E-state index >= 15 is 0 Å². The van der Waals surface area contributed by atoms with Gasteiger partial charge in [0.25, 0.3) is 0 Å². The van der Waals surface area contributed by atoms with E-state index in [0.29, 0.717) is 0 Å². The lowest BCUT2D eigenvalue weighted by molar-refractivity contribution is 0.670. The van der Waals surface area contributed by atoms with Crippen LogP contribution in [0.3, 0.4) is 0 Å². The largest absolute Gasteiger partial charge is 0.455 e. The molecule has 4 nitrogen and oxygen atoms in total. The lowest BCUT2D eigenvalue weighted by atomic mass is 10.0. The van der Waals surface area contributed by atoms with Gasteiger partial charge in [-0.05, 0) is 137 Å². The van der Waals surface area contributed by atoms with Gasteiger partial charge in [-0.1, -0.05) is 158 Å². The molecule has 0 radical (unpaired) electrons. The van der Waals surface area contributed by atoms with Crippen LogP contribution in [0.1, 0.15) is 5.56 Å². The third-order valence-electron chi connectivity index (χ3n) is 12.8. The molecule has 11 aromatic carbocycles. The average molecular weight is 860 g/mol. The zero-order chi connectivity index (χ0) is 44.7. The molecule has 0 bridgehead atoms. The molecular formula is C63H45N3O. The first-order valence-electron chi connectivity index (χ1n) is 22.8. The van der Waals surface area contributed by atoms with Crippen LogP contribution in [0.15, 0.2) is 259 Å². The molecule has 12 rings (SSSR count). The van der Waals surface area contributed by atoms with Gasteiger partial charge in [-0.2, -0.15) is 0 Å². The summed E-state index contributed by atoms with van der Waals surface area (Å²) < 4.78 is 6.51. The molecule has 0 N–H and O–H groups in total. The van der Waals surface area contributed by atoms with Crippen LogP contribution in [-0.2, 0) is 0 Å². The highest BCUT2D eigenvalue weighted by Gasteiger charge is 2.23. The monoisotopic (exact) mass is 859 g/mol. The molecule has 0 unspecified atom stereocenters. The van der Waals surface area contributed by atoms with Gasteiger partial charge in [0.1, 0.15) is 11.2 Å². The lowest BCUT2D eigenvalue weighted by Gasteiger charge is -2.33. The number of furan rings is 1. The van der Waals surface area contributed by atoms with Crippen molar-refractivity contribution in [2.75, 3.05) is 14.7 Å². The van der Waals surface area contributed by atoms with Crippen molar-refractivity contribution in [2.45, 2.75) is 6.92 Å². The zero-order valence-corrected chi connectivity index (χ0v) is 37.0. The first-order chi connectivity index (χ1) is 33.1. The Bertz CT molecular complexity index is 3590. The number of aryl methyl sites for hydroxylation is 1. The van der Waals surface area contributed by atoms with Crippen LogP contribution in [-0.4, -0.2) is 0 Å². The summed E-state index contributed by atoms with van der Waals surface area (Å²) in [6.07, 6.45) is 0. The number of fused-ring (bicyclic) bond motifs is 5. The highest BCUT2D eigenvalue weighted by Crippen LogP contribution is 2.47. The second-order valence-corrected chi connectivity index (χ2v) is 17.1. The number of hydrogen-bond donors (Lipinski definition) is 0. The van der Waals surface area contributed by atoms with Crippen LogP contribution in [0, 0.1) is 6.92 Å². The zero-order valence-electron chi connectivity index (χ0n) is 37.0. The van der Waals surface area contributed by atoms with E-state index in [0.717, 1.165) is 84.3 Å². The molecule has 0 aliphatic rings. The Kier molecular flexibility index (Phi) is 10.0. The lowest BCUT2D eigenvalue weighted by Crippen LogP contribution is -2.16. The summed E-state index contributed by atoms with van der Waals surface area (Å²) in [7, 11) is 0. The quantitative estimate of drug-likeness (QED) is 0.137. The van der Waals surface area contributed by atoms with Crippen LogP contribution in [0.25, 0.3) is 54.6 Å². The van der Waals surface area contributed by atoms with Gasteiger partial charge in [-0.3, -0.25) is 0 Å². The minimum atomic E-state index is 0.893. The summed E-state index contributed by atoms with van der Waals surface area (Å²) in [4.78, 5) is 7.15. The molecule has 1 heterocycles. The fourth-order valence-corrected chi connectivity index (χ4v) is 9.63. The van der Waals surface area contributed by atoms with Gasteiger partial charge < -0.3 is 19.1 Å².